The molecule has 6 fully saturated rings. The van der Waals surface area contributed by atoms with Crippen LogP contribution < -0.4 is 9.47 Å². The summed E-state index contributed by atoms with van der Waals surface area (Å²) in [6, 6.07) is 20.1. The number of allylic oxidation sites excluding steroid dienone is 1. The summed E-state index contributed by atoms with van der Waals surface area (Å²) >= 11 is 0. The summed E-state index contributed by atoms with van der Waals surface area (Å²) < 4.78 is 22.7. The fraction of sp³-hybridized carbons (Fsp3) is 0.569. The maximum Gasteiger partial charge on any atom is 0.321 e. The van der Waals surface area contributed by atoms with Gasteiger partial charge in [0.05, 0.1) is 30.3 Å². The lowest BCUT2D eigenvalue weighted by molar-refractivity contribution is -0.155. The Kier molecular flexibility index (Phi) is 12.4. The van der Waals surface area contributed by atoms with Gasteiger partial charge in [0.15, 0.2) is 5.78 Å². The molecule has 3 aromatic rings. The minimum Gasteiger partial charge on any atom is -0.490 e. The smallest absolute Gasteiger partial charge is 0.321 e. The highest BCUT2D eigenvalue weighted by Crippen LogP contribution is 2.68. The first kappa shape index (κ1) is 45.7. The number of hydrogen-bond donors (Lipinski definition) is 0. The van der Waals surface area contributed by atoms with Gasteiger partial charge in [0, 0.05) is 5.56 Å². The van der Waals surface area contributed by atoms with Crippen molar-refractivity contribution in [1.82, 2.24) is 0 Å². The number of cyclic esters (lactones) is 4. The molecule has 3 aromatic carbocycles. The fourth-order valence-electron chi connectivity index (χ4n) is 15.2. The molecule has 7 aliphatic rings. The van der Waals surface area contributed by atoms with Gasteiger partial charge in [0.1, 0.15) is 17.2 Å². The standard InChI is InChI=1S/C58H68O9/c1-33(2)7-6-8-34(3)48-22-23-49-43-20-14-37-29-41(25-27-57(37,4)50(43)26-28-58(48,49)5)65-38-15-9-35(10-16-38)11-24-51(59)36-12-17-39(18-13-36)64-40-19-21-42-44(46-32-52(60)66-54(46)61)31-47-53(45(42)30-40)56(63)67-55(47)62/h9-13,15-19,21,24,30,33-34,37,41,43-44,46-50,53H,6-8,14,20,22-23,25-29,31-32H2,1-5H3/t34-,37?,41?,43?,44?,46?,47?,48-,49?,50?,53?,57+,58-/m1/s1. The van der Waals surface area contributed by atoms with Gasteiger partial charge >= 0.3 is 23.9 Å². The molecule has 0 bridgehead atoms. The van der Waals surface area contributed by atoms with Gasteiger partial charge in [-0.1, -0.05) is 78.2 Å². The van der Waals surface area contributed by atoms with Gasteiger partial charge in [-0.05, 0) is 194 Å². The van der Waals surface area contributed by atoms with E-state index in [9.17, 15) is 24.0 Å². The van der Waals surface area contributed by atoms with Gasteiger partial charge in [-0.3, -0.25) is 24.0 Å². The van der Waals surface area contributed by atoms with Crippen LogP contribution in [0.1, 0.15) is 163 Å². The van der Waals surface area contributed by atoms with E-state index in [1.165, 1.54) is 64.2 Å². The highest BCUT2D eigenvalue weighted by Gasteiger charge is 2.61. The number of carbonyl (C=O) groups excluding carboxylic acids is 5. The van der Waals surface area contributed by atoms with Gasteiger partial charge in [-0.25, -0.2) is 0 Å². The summed E-state index contributed by atoms with van der Waals surface area (Å²) in [5, 5.41) is 0. The van der Waals surface area contributed by atoms with Crippen LogP contribution in [0.4, 0.5) is 0 Å². The normalized spacial score (nSPS) is 34.7. The zero-order valence-electron chi connectivity index (χ0n) is 40.0. The molecule has 0 aromatic heterocycles. The van der Waals surface area contributed by atoms with Crippen molar-refractivity contribution in [2.24, 2.45) is 64.1 Å². The lowest BCUT2D eigenvalue weighted by atomic mass is 9.44. The number of ketones is 1. The largest absolute Gasteiger partial charge is 0.490 e. The molecule has 0 N–H and O–H groups in total. The predicted molar refractivity (Wildman–Crippen MR) is 254 cm³/mol. The molecule has 13 atom stereocenters. The van der Waals surface area contributed by atoms with E-state index in [-0.39, 0.29) is 24.7 Å². The Morgan fingerprint density at radius 3 is 2.16 bits per heavy atom. The minimum atomic E-state index is -0.823. The first-order chi connectivity index (χ1) is 32.2. The van der Waals surface area contributed by atoms with E-state index in [0.717, 1.165) is 65.6 Å². The van der Waals surface area contributed by atoms with Gasteiger partial charge < -0.3 is 18.9 Å². The Bertz CT molecular complexity index is 2430. The van der Waals surface area contributed by atoms with Crippen molar-refractivity contribution in [3.05, 3.63) is 95.1 Å². The highest BCUT2D eigenvalue weighted by atomic mass is 16.6. The molecule has 0 amide bonds. The molecule has 9 heteroatoms. The van der Waals surface area contributed by atoms with E-state index in [0.29, 0.717) is 39.0 Å². The summed E-state index contributed by atoms with van der Waals surface area (Å²) in [7, 11) is 0. The zero-order valence-corrected chi connectivity index (χ0v) is 40.0. The number of carbonyl (C=O) groups is 5. The van der Waals surface area contributed by atoms with Crippen LogP contribution in [0.25, 0.3) is 6.08 Å². The number of fused-ring (bicyclic) bond motifs is 8. The van der Waals surface area contributed by atoms with Crippen molar-refractivity contribution < 1.29 is 42.9 Å². The van der Waals surface area contributed by atoms with Crippen molar-refractivity contribution in [2.75, 3.05) is 0 Å². The van der Waals surface area contributed by atoms with Gasteiger partial charge in [0.2, 0.25) is 0 Å². The number of benzene rings is 3. The molecule has 2 aliphatic heterocycles. The average molecular weight is 909 g/mol. The second-order valence-electron chi connectivity index (χ2n) is 22.7. The minimum absolute atomic E-state index is 0.0803. The van der Waals surface area contributed by atoms with Crippen LogP contribution in [0.3, 0.4) is 0 Å². The molecule has 2 heterocycles. The maximum absolute atomic E-state index is 13.2. The third-order valence-electron chi connectivity index (χ3n) is 18.7. The fourth-order valence-corrected chi connectivity index (χ4v) is 15.2. The van der Waals surface area contributed by atoms with Crippen molar-refractivity contribution in [1.29, 1.82) is 0 Å². The van der Waals surface area contributed by atoms with Gasteiger partial charge in [0.25, 0.3) is 0 Å². The first-order valence-corrected chi connectivity index (χ1v) is 25.6. The number of esters is 4. The predicted octanol–water partition coefficient (Wildman–Crippen LogP) is 12.6. The summed E-state index contributed by atoms with van der Waals surface area (Å²) in [6.45, 7) is 12.7. The van der Waals surface area contributed by atoms with E-state index in [1.54, 1.807) is 48.5 Å². The zero-order chi connectivity index (χ0) is 46.8. The van der Waals surface area contributed by atoms with Crippen molar-refractivity contribution in [2.45, 2.75) is 142 Å². The molecule has 2 saturated heterocycles. The van der Waals surface area contributed by atoms with Gasteiger partial charge in [-0.2, -0.15) is 0 Å². The molecular formula is C58H68O9. The van der Waals surface area contributed by atoms with Crippen LogP contribution in [-0.4, -0.2) is 35.8 Å². The van der Waals surface area contributed by atoms with Crippen molar-refractivity contribution >= 4 is 35.7 Å². The van der Waals surface area contributed by atoms with Gasteiger partial charge in [-0.15, -0.1) is 0 Å². The molecule has 4 saturated carbocycles. The lowest BCUT2D eigenvalue weighted by Crippen LogP contribution is -2.54. The topological polar surface area (TPSA) is 122 Å². The third-order valence-corrected chi connectivity index (χ3v) is 18.7. The molecular weight excluding hydrogens is 841 g/mol. The molecule has 9 unspecified atom stereocenters. The Balaban J connectivity index is 0.722. The van der Waals surface area contributed by atoms with Crippen molar-refractivity contribution in [3.63, 3.8) is 0 Å². The van der Waals surface area contributed by atoms with Crippen LogP contribution in [0.2, 0.25) is 0 Å². The van der Waals surface area contributed by atoms with Crippen LogP contribution in [0.5, 0.6) is 17.2 Å². The van der Waals surface area contributed by atoms with E-state index in [1.807, 2.05) is 30.3 Å². The van der Waals surface area contributed by atoms with Crippen LogP contribution >= 0.6 is 0 Å². The number of rotatable bonds is 13. The second-order valence-corrected chi connectivity index (χ2v) is 22.7. The summed E-state index contributed by atoms with van der Waals surface area (Å²) in [4.78, 5) is 63.2. The summed E-state index contributed by atoms with van der Waals surface area (Å²) in [5.74, 6) is 2.30. The highest BCUT2D eigenvalue weighted by molar-refractivity contribution is 6.07. The quantitative estimate of drug-likeness (QED) is 0.0714. The molecule has 5 aliphatic carbocycles. The third kappa shape index (κ3) is 8.60. The summed E-state index contributed by atoms with van der Waals surface area (Å²) in [5.41, 5.74) is 3.61. The molecule has 67 heavy (non-hydrogen) atoms. The molecule has 9 nitrogen and oxygen atoms in total. The van der Waals surface area contributed by atoms with E-state index in [4.69, 9.17) is 18.9 Å². The number of ether oxygens (including phenoxy) is 4. The second kappa shape index (κ2) is 18.1. The molecule has 354 valence electrons. The monoisotopic (exact) mass is 908 g/mol. The molecule has 0 radical (unpaired) electrons. The van der Waals surface area contributed by atoms with E-state index < -0.39 is 47.5 Å². The SMILES string of the molecule is CC(C)CCC[C@@H](C)[C@H]1CCC2C3CCC4CC(Oc5ccc(C=CC(=O)c6ccc(Oc7ccc8c(c7)C7C(=O)OC(=O)C7CC8C7CC(=O)OC7=O)cc6)cc5)CC[C@]4(C)C3CC[C@@]21C. The number of hydrogen-bond acceptors (Lipinski definition) is 9. The Morgan fingerprint density at radius 1 is 0.701 bits per heavy atom. The lowest BCUT2D eigenvalue weighted by Gasteiger charge is -2.61. The summed E-state index contributed by atoms with van der Waals surface area (Å²) in [6.07, 6.45) is 20.0. The van der Waals surface area contributed by atoms with Crippen LogP contribution in [-0.2, 0) is 28.7 Å². The molecule has 0 spiro atoms. The Morgan fingerprint density at radius 2 is 1.42 bits per heavy atom. The first-order valence-electron chi connectivity index (χ1n) is 25.6. The van der Waals surface area contributed by atoms with E-state index >= 15 is 0 Å². The van der Waals surface area contributed by atoms with E-state index in [2.05, 4.69) is 34.6 Å². The average Bonchev–Trinajstić information content (AvgIpc) is 3.95. The maximum atomic E-state index is 13.2. The van der Waals surface area contributed by atoms with Crippen LogP contribution in [0.15, 0.2) is 72.8 Å². The molecule has 10 rings (SSSR count). The van der Waals surface area contributed by atoms with Crippen LogP contribution in [0, 0.1) is 64.1 Å². The Hall–Kier alpha value is -5.05. The van der Waals surface area contributed by atoms with Crippen molar-refractivity contribution in [3.8, 4) is 17.2 Å². The Labute approximate surface area is 396 Å².